The van der Waals surface area contributed by atoms with Gasteiger partial charge in [0.2, 0.25) is 5.91 Å². The number of hydrogen-bond donors (Lipinski definition) is 0. The molecule has 0 saturated heterocycles. The van der Waals surface area contributed by atoms with Crippen LogP contribution in [0.4, 0.5) is 5.69 Å². The van der Waals surface area contributed by atoms with Crippen LogP contribution in [0.5, 0.6) is 0 Å². The molecule has 1 amide bonds. The van der Waals surface area contributed by atoms with Gasteiger partial charge in [-0.25, -0.2) is 0 Å². The Labute approximate surface area is 131 Å². The van der Waals surface area contributed by atoms with Gasteiger partial charge in [-0.2, -0.15) is 0 Å². The third-order valence-corrected chi connectivity index (χ3v) is 5.33. The lowest BCUT2D eigenvalue weighted by Gasteiger charge is -2.30. The van der Waals surface area contributed by atoms with Crippen molar-refractivity contribution in [1.82, 2.24) is 0 Å². The highest BCUT2D eigenvalue weighted by atomic mass is 32.1. The third kappa shape index (κ3) is 3.49. The van der Waals surface area contributed by atoms with E-state index in [9.17, 15) is 4.79 Å². The molecular weight excluding hydrogens is 282 g/mol. The zero-order chi connectivity index (χ0) is 15.4. The second kappa shape index (κ2) is 7.12. The monoisotopic (exact) mass is 307 g/mol. The number of anilines is 1. The number of hydrogen-bond acceptors (Lipinski definition) is 3. The molecule has 1 heterocycles. The Hall–Kier alpha value is -1.29. The van der Waals surface area contributed by atoms with Crippen LogP contribution < -0.4 is 4.90 Å². The molecule has 1 aliphatic rings. The van der Waals surface area contributed by atoms with Gasteiger partial charge in [0.05, 0.1) is 17.7 Å². The van der Waals surface area contributed by atoms with Crippen molar-refractivity contribution in [2.45, 2.75) is 39.5 Å². The number of nitrogens with zero attached hydrogens (tertiary/aromatic N) is 1. The zero-order valence-electron chi connectivity index (χ0n) is 13.2. The predicted molar refractivity (Wildman–Crippen MR) is 89.5 cm³/mol. The number of carbonyl (C=O) groups is 1. The summed E-state index contributed by atoms with van der Waals surface area (Å²) in [5, 5.41) is 1.99. The number of carbonyl (C=O) groups excluding carboxylic acids is 1. The van der Waals surface area contributed by atoms with E-state index in [0.29, 0.717) is 12.3 Å². The first-order valence-electron chi connectivity index (χ1n) is 7.70. The maximum atomic E-state index is 12.9. The van der Waals surface area contributed by atoms with Crippen molar-refractivity contribution in [3.63, 3.8) is 0 Å². The predicted octanol–water partition coefficient (Wildman–Crippen LogP) is 4.54. The van der Waals surface area contributed by atoms with Gasteiger partial charge in [0.15, 0.2) is 0 Å². The average molecular weight is 307 g/mol. The fourth-order valence-corrected chi connectivity index (χ4v) is 3.84. The quantitative estimate of drug-likeness (QED) is 0.747. The van der Waals surface area contributed by atoms with Gasteiger partial charge in [0.25, 0.3) is 0 Å². The summed E-state index contributed by atoms with van der Waals surface area (Å²) in [6.07, 6.45) is 4.35. The highest BCUT2D eigenvalue weighted by Crippen LogP contribution is 2.35. The van der Waals surface area contributed by atoms with Crippen LogP contribution in [0.15, 0.2) is 18.0 Å². The van der Waals surface area contributed by atoms with Crippen LogP contribution in [0.1, 0.15) is 44.4 Å². The van der Waals surface area contributed by atoms with Gasteiger partial charge < -0.3 is 9.64 Å². The Balaban J connectivity index is 2.18. The zero-order valence-corrected chi connectivity index (χ0v) is 14.0. The van der Waals surface area contributed by atoms with E-state index in [2.05, 4.69) is 13.5 Å². The lowest BCUT2D eigenvalue weighted by atomic mass is 9.82. The van der Waals surface area contributed by atoms with Gasteiger partial charge in [-0.05, 0) is 50.0 Å². The highest BCUT2D eigenvalue weighted by Gasteiger charge is 2.29. The van der Waals surface area contributed by atoms with Crippen molar-refractivity contribution in [1.29, 1.82) is 0 Å². The molecular formula is C17H25NO2S. The third-order valence-electron chi connectivity index (χ3n) is 4.38. The second-order valence-corrected chi connectivity index (χ2v) is 6.72. The first kappa shape index (κ1) is 16.1. The van der Waals surface area contributed by atoms with Crippen LogP contribution in [0, 0.1) is 11.8 Å². The van der Waals surface area contributed by atoms with E-state index in [0.717, 1.165) is 42.2 Å². The summed E-state index contributed by atoms with van der Waals surface area (Å²) in [7, 11) is 1.62. The van der Waals surface area contributed by atoms with Crippen LogP contribution in [-0.4, -0.2) is 19.6 Å². The summed E-state index contributed by atoms with van der Waals surface area (Å²) >= 11 is 1.57. The van der Waals surface area contributed by atoms with E-state index in [1.165, 1.54) is 0 Å². The molecule has 1 fully saturated rings. The molecule has 2 rings (SSSR count). The molecule has 0 bridgehead atoms. The van der Waals surface area contributed by atoms with Crippen LogP contribution >= 0.6 is 11.3 Å². The van der Waals surface area contributed by atoms with E-state index >= 15 is 0 Å². The van der Waals surface area contributed by atoms with E-state index in [4.69, 9.17) is 4.74 Å². The minimum absolute atomic E-state index is 0.171. The van der Waals surface area contributed by atoms with E-state index in [-0.39, 0.29) is 11.8 Å². The van der Waals surface area contributed by atoms with Gasteiger partial charge in [-0.15, -0.1) is 11.3 Å². The SMILES string of the molecule is C=C(OC)c1sccc1N(CC)C(=O)[C@H]1CC[C@H](C)CC1. The molecule has 4 heteroatoms. The summed E-state index contributed by atoms with van der Waals surface area (Å²) in [6, 6.07) is 2.00. The fraction of sp³-hybridized carbons (Fsp3) is 0.588. The Kier molecular flexibility index (Phi) is 5.45. The molecule has 1 aromatic rings. The molecule has 0 N–H and O–H groups in total. The highest BCUT2D eigenvalue weighted by molar-refractivity contribution is 7.11. The van der Waals surface area contributed by atoms with Crippen LogP contribution in [0.25, 0.3) is 5.76 Å². The fourth-order valence-electron chi connectivity index (χ4n) is 2.99. The topological polar surface area (TPSA) is 29.5 Å². The van der Waals surface area contributed by atoms with Gasteiger partial charge in [-0.1, -0.05) is 13.5 Å². The van der Waals surface area contributed by atoms with Crippen LogP contribution in [-0.2, 0) is 9.53 Å². The summed E-state index contributed by atoms with van der Waals surface area (Å²) in [5.41, 5.74) is 0.943. The minimum atomic E-state index is 0.171. The van der Waals surface area contributed by atoms with Gasteiger partial charge >= 0.3 is 0 Å². The van der Waals surface area contributed by atoms with Gasteiger partial charge in [-0.3, -0.25) is 4.79 Å². The Bertz CT molecular complexity index is 501. The number of ether oxygens (including phenoxy) is 1. The molecule has 0 spiro atoms. The lowest BCUT2D eigenvalue weighted by molar-refractivity contribution is -0.123. The largest absolute Gasteiger partial charge is 0.496 e. The molecule has 1 aromatic heterocycles. The molecule has 3 nitrogen and oxygen atoms in total. The maximum absolute atomic E-state index is 12.9. The number of rotatable bonds is 5. The molecule has 21 heavy (non-hydrogen) atoms. The molecule has 1 aliphatic carbocycles. The van der Waals surface area contributed by atoms with Gasteiger partial charge in [0.1, 0.15) is 5.76 Å². The number of methoxy groups -OCH3 is 1. The Morgan fingerprint density at radius 3 is 2.67 bits per heavy atom. The molecule has 0 aromatic carbocycles. The average Bonchev–Trinajstić information content (AvgIpc) is 2.97. The summed E-state index contributed by atoms with van der Waals surface area (Å²) in [6.45, 7) is 8.91. The first-order chi connectivity index (χ1) is 10.1. The van der Waals surface area contributed by atoms with Crippen molar-refractivity contribution in [3.8, 4) is 0 Å². The first-order valence-corrected chi connectivity index (χ1v) is 8.58. The van der Waals surface area contributed by atoms with Crippen molar-refractivity contribution in [2.24, 2.45) is 11.8 Å². The summed E-state index contributed by atoms with van der Waals surface area (Å²) < 4.78 is 5.25. The Morgan fingerprint density at radius 1 is 1.43 bits per heavy atom. The number of amides is 1. The summed E-state index contributed by atoms with van der Waals surface area (Å²) in [5.74, 6) is 1.82. The second-order valence-electron chi connectivity index (χ2n) is 5.80. The van der Waals surface area contributed by atoms with Crippen molar-refractivity contribution in [3.05, 3.63) is 22.9 Å². The van der Waals surface area contributed by atoms with E-state index in [1.54, 1.807) is 18.4 Å². The normalized spacial score (nSPS) is 21.9. The van der Waals surface area contributed by atoms with E-state index < -0.39 is 0 Å². The Morgan fingerprint density at radius 2 is 2.10 bits per heavy atom. The molecule has 1 saturated carbocycles. The molecule has 0 unspecified atom stereocenters. The lowest BCUT2D eigenvalue weighted by Crippen LogP contribution is -2.37. The van der Waals surface area contributed by atoms with Crippen molar-refractivity contribution < 1.29 is 9.53 Å². The number of thiophene rings is 1. The molecule has 116 valence electrons. The van der Waals surface area contributed by atoms with E-state index in [1.807, 2.05) is 23.3 Å². The van der Waals surface area contributed by atoms with Crippen molar-refractivity contribution in [2.75, 3.05) is 18.6 Å². The smallest absolute Gasteiger partial charge is 0.230 e. The van der Waals surface area contributed by atoms with Crippen LogP contribution in [0.2, 0.25) is 0 Å². The minimum Gasteiger partial charge on any atom is -0.496 e. The van der Waals surface area contributed by atoms with Crippen LogP contribution in [0.3, 0.4) is 0 Å². The van der Waals surface area contributed by atoms with Gasteiger partial charge in [0, 0.05) is 12.5 Å². The summed E-state index contributed by atoms with van der Waals surface area (Å²) in [4.78, 5) is 15.7. The molecule has 0 aliphatic heterocycles. The molecule has 0 atom stereocenters. The molecule has 0 radical (unpaired) electrons. The van der Waals surface area contributed by atoms with Crippen molar-refractivity contribution >= 4 is 28.7 Å². The standard InChI is InChI=1S/C17H25NO2S/c1-5-18(15-10-11-21-16(15)13(3)20-4)17(19)14-8-6-12(2)7-9-14/h10-12,14H,3,5-9H2,1-2,4H3/t12-,14-. The maximum Gasteiger partial charge on any atom is 0.230 e.